The molecule has 0 radical (unpaired) electrons. The summed E-state index contributed by atoms with van der Waals surface area (Å²) in [7, 11) is 1.56. The lowest BCUT2D eigenvalue weighted by Crippen LogP contribution is -2.43. The molecular weight excluding hydrogens is 340 g/mol. The molecule has 25 heavy (non-hydrogen) atoms. The Kier molecular flexibility index (Phi) is 10.8. The van der Waals surface area contributed by atoms with Gasteiger partial charge in [0.2, 0.25) is 0 Å². The third-order valence-electron chi connectivity index (χ3n) is 3.53. The molecule has 1 atom stereocenters. The number of carbonyl (C=O) groups excluding carboxylic acids is 1. The molecule has 0 aliphatic carbocycles. The van der Waals surface area contributed by atoms with Crippen molar-refractivity contribution in [3.63, 3.8) is 0 Å². The predicted molar refractivity (Wildman–Crippen MR) is 102 cm³/mol. The fraction of sp³-hybridized carbons (Fsp3) is 0.556. The number of unbranched alkanes of at least 4 members (excludes halogenated alkanes) is 3. The molecule has 1 aromatic rings. The van der Waals surface area contributed by atoms with Crippen molar-refractivity contribution >= 4 is 23.2 Å². The van der Waals surface area contributed by atoms with Gasteiger partial charge in [-0.05, 0) is 42.9 Å². The van der Waals surface area contributed by atoms with Crippen molar-refractivity contribution in [1.29, 1.82) is 0 Å². The first-order chi connectivity index (χ1) is 12.1. The molecule has 0 aromatic heterocycles. The second-order valence-electron chi connectivity index (χ2n) is 5.68. The van der Waals surface area contributed by atoms with Gasteiger partial charge in [-0.1, -0.05) is 26.2 Å². The van der Waals surface area contributed by atoms with Crippen LogP contribution in [0.4, 0.5) is 0 Å². The molecule has 1 aromatic carbocycles. The SMILES string of the molecule is CCCCCCOCC(O)CNC(=S)NC(=O)c1ccc(OC)cc1. The highest BCUT2D eigenvalue weighted by atomic mass is 32.1. The van der Waals surface area contributed by atoms with Gasteiger partial charge in [0.15, 0.2) is 5.11 Å². The fourth-order valence-electron chi connectivity index (χ4n) is 2.08. The first-order valence-electron chi connectivity index (χ1n) is 8.55. The standard InChI is InChI=1S/C18H28N2O4S/c1-3-4-5-6-11-24-13-15(21)12-19-18(25)20-17(22)14-7-9-16(23-2)10-8-14/h7-10,15,21H,3-6,11-13H2,1-2H3,(H2,19,20,22,25). The summed E-state index contributed by atoms with van der Waals surface area (Å²) in [4.78, 5) is 12.0. The molecule has 0 heterocycles. The van der Waals surface area contributed by atoms with E-state index < -0.39 is 6.10 Å². The smallest absolute Gasteiger partial charge is 0.257 e. The topological polar surface area (TPSA) is 79.8 Å². The third kappa shape index (κ3) is 9.38. The van der Waals surface area contributed by atoms with E-state index in [4.69, 9.17) is 21.7 Å². The van der Waals surface area contributed by atoms with E-state index in [-0.39, 0.29) is 24.2 Å². The van der Waals surface area contributed by atoms with Gasteiger partial charge in [0, 0.05) is 18.7 Å². The van der Waals surface area contributed by atoms with Crippen LogP contribution in [-0.2, 0) is 4.74 Å². The minimum Gasteiger partial charge on any atom is -0.497 e. The van der Waals surface area contributed by atoms with Crippen LogP contribution in [0.1, 0.15) is 43.0 Å². The number of hydrogen-bond acceptors (Lipinski definition) is 5. The molecule has 6 nitrogen and oxygen atoms in total. The van der Waals surface area contributed by atoms with Crippen LogP contribution in [0.15, 0.2) is 24.3 Å². The van der Waals surface area contributed by atoms with Gasteiger partial charge in [0.1, 0.15) is 5.75 Å². The zero-order valence-corrected chi connectivity index (χ0v) is 15.7. The van der Waals surface area contributed by atoms with E-state index in [0.29, 0.717) is 17.9 Å². The summed E-state index contributed by atoms with van der Waals surface area (Å²) in [5.41, 5.74) is 0.473. The number of nitrogens with one attached hydrogen (secondary N) is 2. The van der Waals surface area contributed by atoms with Gasteiger partial charge in [0.05, 0.1) is 19.8 Å². The minimum absolute atomic E-state index is 0.169. The summed E-state index contributed by atoms with van der Waals surface area (Å²) < 4.78 is 10.5. The number of thiocarbonyl (C=S) groups is 1. The summed E-state index contributed by atoms with van der Waals surface area (Å²) in [6, 6.07) is 6.70. The monoisotopic (exact) mass is 368 g/mol. The number of aliphatic hydroxyl groups excluding tert-OH is 1. The van der Waals surface area contributed by atoms with E-state index in [1.165, 1.54) is 12.8 Å². The van der Waals surface area contributed by atoms with Crippen molar-refractivity contribution < 1.29 is 19.4 Å². The van der Waals surface area contributed by atoms with Crippen molar-refractivity contribution in [3.8, 4) is 5.75 Å². The van der Waals surface area contributed by atoms with Crippen LogP contribution < -0.4 is 15.4 Å². The number of hydrogen-bond donors (Lipinski definition) is 3. The van der Waals surface area contributed by atoms with Crippen LogP contribution in [0.3, 0.4) is 0 Å². The lowest BCUT2D eigenvalue weighted by Gasteiger charge is -2.14. The Hall–Kier alpha value is -1.70. The van der Waals surface area contributed by atoms with Crippen molar-refractivity contribution in [2.75, 3.05) is 26.9 Å². The van der Waals surface area contributed by atoms with Gasteiger partial charge < -0.3 is 19.9 Å². The molecule has 0 fully saturated rings. The van der Waals surface area contributed by atoms with Crippen LogP contribution in [0.2, 0.25) is 0 Å². The van der Waals surface area contributed by atoms with Crippen LogP contribution in [-0.4, -0.2) is 49.1 Å². The van der Waals surface area contributed by atoms with Crippen molar-refractivity contribution in [2.24, 2.45) is 0 Å². The van der Waals surface area contributed by atoms with E-state index >= 15 is 0 Å². The normalized spacial score (nSPS) is 11.6. The number of rotatable bonds is 11. The molecule has 7 heteroatoms. The Morgan fingerprint density at radius 1 is 1.24 bits per heavy atom. The number of benzene rings is 1. The number of ether oxygens (including phenoxy) is 2. The van der Waals surface area contributed by atoms with E-state index in [0.717, 1.165) is 12.8 Å². The Bertz CT molecular complexity index is 522. The molecule has 0 aliphatic heterocycles. The molecule has 1 unspecified atom stereocenters. The van der Waals surface area contributed by atoms with E-state index in [9.17, 15) is 9.90 Å². The molecule has 0 spiro atoms. The molecule has 3 N–H and O–H groups in total. The Morgan fingerprint density at radius 2 is 1.96 bits per heavy atom. The largest absolute Gasteiger partial charge is 0.497 e. The van der Waals surface area contributed by atoms with Gasteiger partial charge >= 0.3 is 0 Å². The van der Waals surface area contributed by atoms with Crippen LogP contribution in [0.25, 0.3) is 0 Å². The maximum absolute atomic E-state index is 12.0. The highest BCUT2D eigenvalue weighted by Crippen LogP contribution is 2.10. The lowest BCUT2D eigenvalue weighted by molar-refractivity contribution is 0.0375. The van der Waals surface area contributed by atoms with Crippen molar-refractivity contribution in [3.05, 3.63) is 29.8 Å². The van der Waals surface area contributed by atoms with Gasteiger partial charge in [-0.3, -0.25) is 10.1 Å². The summed E-state index contributed by atoms with van der Waals surface area (Å²) in [5, 5.41) is 15.4. The van der Waals surface area contributed by atoms with Gasteiger partial charge in [0.25, 0.3) is 5.91 Å². The minimum atomic E-state index is -0.679. The molecule has 0 bridgehead atoms. The van der Waals surface area contributed by atoms with Crippen molar-refractivity contribution in [2.45, 2.75) is 38.7 Å². The van der Waals surface area contributed by atoms with Gasteiger partial charge in [-0.25, -0.2) is 0 Å². The quantitative estimate of drug-likeness (QED) is 0.411. The molecule has 0 aliphatic rings. The van der Waals surface area contributed by atoms with E-state index in [1.54, 1.807) is 31.4 Å². The fourth-order valence-corrected chi connectivity index (χ4v) is 2.26. The third-order valence-corrected chi connectivity index (χ3v) is 3.78. The lowest BCUT2D eigenvalue weighted by atomic mass is 10.2. The zero-order valence-electron chi connectivity index (χ0n) is 14.9. The zero-order chi connectivity index (χ0) is 18.5. The number of aliphatic hydroxyl groups is 1. The van der Waals surface area contributed by atoms with Gasteiger partial charge in [-0.15, -0.1) is 0 Å². The number of carbonyl (C=O) groups is 1. The van der Waals surface area contributed by atoms with Crippen molar-refractivity contribution in [1.82, 2.24) is 10.6 Å². The Morgan fingerprint density at radius 3 is 2.60 bits per heavy atom. The second kappa shape index (κ2) is 12.6. The summed E-state index contributed by atoms with van der Waals surface area (Å²) in [6.45, 7) is 3.27. The molecule has 1 amide bonds. The van der Waals surface area contributed by atoms with Crippen LogP contribution in [0, 0.1) is 0 Å². The Labute approximate surface area is 154 Å². The Balaban J connectivity index is 2.19. The molecular formula is C18H28N2O4S. The van der Waals surface area contributed by atoms with Crippen LogP contribution in [0.5, 0.6) is 5.75 Å². The summed E-state index contributed by atoms with van der Waals surface area (Å²) in [5.74, 6) is 0.358. The van der Waals surface area contributed by atoms with Gasteiger partial charge in [-0.2, -0.15) is 0 Å². The average Bonchev–Trinajstić information content (AvgIpc) is 2.63. The van der Waals surface area contributed by atoms with Crippen LogP contribution >= 0.6 is 12.2 Å². The summed E-state index contributed by atoms with van der Waals surface area (Å²) in [6.07, 6.45) is 3.86. The highest BCUT2D eigenvalue weighted by molar-refractivity contribution is 7.80. The molecule has 0 saturated heterocycles. The summed E-state index contributed by atoms with van der Waals surface area (Å²) >= 11 is 5.06. The molecule has 0 saturated carbocycles. The molecule has 140 valence electrons. The number of methoxy groups -OCH3 is 1. The second-order valence-corrected chi connectivity index (χ2v) is 6.09. The average molecular weight is 368 g/mol. The van der Waals surface area contributed by atoms with E-state index in [2.05, 4.69) is 17.6 Å². The maximum atomic E-state index is 12.0. The number of amides is 1. The maximum Gasteiger partial charge on any atom is 0.257 e. The van der Waals surface area contributed by atoms with E-state index in [1.807, 2.05) is 0 Å². The molecule has 1 rings (SSSR count). The highest BCUT2D eigenvalue weighted by Gasteiger charge is 2.10. The first kappa shape index (κ1) is 21.3. The predicted octanol–water partition coefficient (Wildman–Crippen LogP) is 2.26. The first-order valence-corrected chi connectivity index (χ1v) is 8.96.